The van der Waals surface area contributed by atoms with Crippen LogP contribution in [0.2, 0.25) is 0 Å². The van der Waals surface area contributed by atoms with Gasteiger partial charge in [0, 0.05) is 19.2 Å². The summed E-state index contributed by atoms with van der Waals surface area (Å²) in [6.45, 7) is 7.79. The van der Waals surface area contributed by atoms with Gasteiger partial charge in [-0.05, 0) is 51.3 Å². The van der Waals surface area contributed by atoms with Crippen LogP contribution >= 0.6 is 0 Å². The SMILES string of the molecule is CCN(CC1CCCNC1)c1c(C)cccc1[N+](=O)[O-]. The van der Waals surface area contributed by atoms with E-state index in [0.29, 0.717) is 5.92 Å². The van der Waals surface area contributed by atoms with Gasteiger partial charge in [-0.25, -0.2) is 0 Å². The van der Waals surface area contributed by atoms with E-state index in [9.17, 15) is 10.1 Å². The van der Waals surface area contributed by atoms with Crippen molar-refractivity contribution in [1.82, 2.24) is 5.32 Å². The number of nitro groups is 1. The fourth-order valence-corrected chi connectivity index (χ4v) is 2.97. The lowest BCUT2D eigenvalue weighted by atomic mass is 9.98. The second kappa shape index (κ2) is 6.70. The molecule has 1 saturated heterocycles. The minimum atomic E-state index is -0.274. The summed E-state index contributed by atoms with van der Waals surface area (Å²) in [4.78, 5) is 13.1. The maximum atomic E-state index is 11.3. The van der Waals surface area contributed by atoms with Crippen molar-refractivity contribution in [3.8, 4) is 0 Å². The Kier molecular flexibility index (Phi) is 4.95. The number of aryl methyl sites for hydroxylation is 1. The van der Waals surface area contributed by atoms with Gasteiger partial charge in [-0.1, -0.05) is 12.1 Å². The molecule has 1 N–H and O–H groups in total. The van der Waals surface area contributed by atoms with Crippen molar-refractivity contribution in [1.29, 1.82) is 0 Å². The zero-order valence-corrected chi connectivity index (χ0v) is 12.3. The first kappa shape index (κ1) is 14.8. The Morgan fingerprint density at radius 1 is 1.50 bits per heavy atom. The third-order valence-electron chi connectivity index (χ3n) is 3.99. The molecule has 1 heterocycles. The van der Waals surface area contributed by atoms with Crippen LogP contribution in [0.3, 0.4) is 0 Å². The van der Waals surface area contributed by atoms with Crippen molar-refractivity contribution < 1.29 is 4.92 Å². The molecule has 1 fully saturated rings. The highest BCUT2D eigenvalue weighted by Gasteiger charge is 2.23. The average Bonchev–Trinajstić information content (AvgIpc) is 2.46. The van der Waals surface area contributed by atoms with E-state index < -0.39 is 0 Å². The number of para-hydroxylation sites is 1. The van der Waals surface area contributed by atoms with Crippen LogP contribution in [0.1, 0.15) is 25.3 Å². The third-order valence-corrected chi connectivity index (χ3v) is 3.99. The molecule has 2 rings (SSSR count). The summed E-state index contributed by atoms with van der Waals surface area (Å²) in [5.41, 5.74) is 1.98. The number of hydrogen-bond donors (Lipinski definition) is 1. The van der Waals surface area contributed by atoms with Crippen molar-refractivity contribution in [3.63, 3.8) is 0 Å². The van der Waals surface area contributed by atoms with E-state index in [1.807, 2.05) is 13.0 Å². The Morgan fingerprint density at radius 3 is 2.90 bits per heavy atom. The number of benzene rings is 1. The average molecular weight is 277 g/mol. The highest BCUT2D eigenvalue weighted by molar-refractivity contribution is 5.67. The molecule has 0 aromatic heterocycles. The molecule has 1 aliphatic rings. The second-order valence-electron chi connectivity index (χ2n) is 5.45. The van der Waals surface area contributed by atoms with Crippen LogP contribution < -0.4 is 10.2 Å². The van der Waals surface area contributed by atoms with Gasteiger partial charge >= 0.3 is 0 Å². The largest absolute Gasteiger partial charge is 0.366 e. The second-order valence-corrected chi connectivity index (χ2v) is 5.45. The normalized spacial score (nSPS) is 18.8. The molecular formula is C15H23N3O2. The molecule has 20 heavy (non-hydrogen) atoms. The molecule has 0 saturated carbocycles. The van der Waals surface area contributed by atoms with Crippen molar-refractivity contribution >= 4 is 11.4 Å². The van der Waals surface area contributed by atoms with Crippen molar-refractivity contribution in [2.45, 2.75) is 26.7 Å². The van der Waals surface area contributed by atoms with Gasteiger partial charge in [0.15, 0.2) is 0 Å². The number of nitrogens with zero attached hydrogens (tertiary/aromatic N) is 2. The summed E-state index contributed by atoms with van der Waals surface area (Å²) >= 11 is 0. The topological polar surface area (TPSA) is 58.4 Å². The molecule has 0 bridgehead atoms. The molecule has 1 aliphatic heterocycles. The van der Waals surface area contributed by atoms with Gasteiger partial charge in [0.1, 0.15) is 5.69 Å². The summed E-state index contributed by atoms with van der Waals surface area (Å²) in [5.74, 6) is 0.572. The number of hydrogen-bond acceptors (Lipinski definition) is 4. The monoisotopic (exact) mass is 277 g/mol. The molecule has 1 aromatic carbocycles. The maximum absolute atomic E-state index is 11.3. The Balaban J connectivity index is 2.24. The number of nitro benzene ring substituents is 1. The van der Waals surface area contributed by atoms with Crippen LogP contribution in [0.4, 0.5) is 11.4 Å². The van der Waals surface area contributed by atoms with Crippen LogP contribution in [-0.2, 0) is 0 Å². The van der Waals surface area contributed by atoms with Gasteiger partial charge in [0.05, 0.1) is 4.92 Å². The summed E-state index contributed by atoms with van der Waals surface area (Å²) in [6, 6.07) is 5.31. The number of anilines is 1. The Morgan fingerprint density at radius 2 is 2.30 bits per heavy atom. The summed E-state index contributed by atoms with van der Waals surface area (Å²) < 4.78 is 0. The lowest BCUT2D eigenvalue weighted by Crippen LogP contribution is -2.38. The van der Waals surface area contributed by atoms with E-state index in [4.69, 9.17) is 0 Å². The number of piperidine rings is 1. The van der Waals surface area contributed by atoms with Gasteiger partial charge < -0.3 is 10.2 Å². The molecule has 110 valence electrons. The van der Waals surface area contributed by atoms with E-state index in [0.717, 1.165) is 37.4 Å². The molecule has 0 radical (unpaired) electrons. The molecule has 0 amide bonds. The van der Waals surface area contributed by atoms with Crippen LogP contribution in [0.25, 0.3) is 0 Å². The van der Waals surface area contributed by atoms with E-state index >= 15 is 0 Å². The zero-order chi connectivity index (χ0) is 14.5. The minimum absolute atomic E-state index is 0.218. The number of rotatable bonds is 5. The predicted octanol–water partition coefficient (Wildman–Crippen LogP) is 2.73. The smallest absolute Gasteiger partial charge is 0.292 e. The molecule has 0 aliphatic carbocycles. The molecule has 5 nitrogen and oxygen atoms in total. The first-order chi connectivity index (χ1) is 9.63. The van der Waals surface area contributed by atoms with E-state index in [-0.39, 0.29) is 10.6 Å². The number of nitrogens with one attached hydrogen (secondary N) is 1. The standard InChI is InChI=1S/C15H23N3O2/c1-3-17(11-13-7-5-9-16-10-13)15-12(2)6-4-8-14(15)18(19)20/h4,6,8,13,16H,3,5,7,9-11H2,1-2H3. The summed E-state index contributed by atoms with van der Waals surface area (Å²) in [5, 5.41) is 14.7. The van der Waals surface area contributed by atoms with Gasteiger partial charge in [0.2, 0.25) is 0 Å². The van der Waals surface area contributed by atoms with Gasteiger partial charge in [-0.2, -0.15) is 0 Å². The van der Waals surface area contributed by atoms with Gasteiger partial charge in [0.25, 0.3) is 5.69 Å². The molecule has 1 unspecified atom stereocenters. The predicted molar refractivity (Wildman–Crippen MR) is 81.3 cm³/mol. The fourth-order valence-electron chi connectivity index (χ4n) is 2.97. The highest BCUT2D eigenvalue weighted by atomic mass is 16.6. The maximum Gasteiger partial charge on any atom is 0.292 e. The Labute approximate surface area is 120 Å². The Hall–Kier alpha value is -1.62. The molecular weight excluding hydrogens is 254 g/mol. The first-order valence-electron chi connectivity index (χ1n) is 7.33. The molecule has 5 heteroatoms. The zero-order valence-electron chi connectivity index (χ0n) is 12.3. The van der Waals surface area contributed by atoms with E-state index in [2.05, 4.69) is 17.1 Å². The van der Waals surface area contributed by atoms with Gasteiger partial charge in [-0.3, -0.25) is 10.1 Å². The van der Waals surface area contributed by atoms with Crippen LogP contribution in [0.5, 0.6) is 0 Å². The Bertz CT molecular complexity index is 470. The first-order valence-corrected chi connectivity index (χ1v) is 7.33. The summed E-state index contributed by atoms with van der Waals surface area (Å²) in [6.07, 6.45) is 2.39. The lowest BCUT2D eigenvalue weighted by Gasteiger charge is -2.31. The van der Waals surface area contributed by atoms with E-state index in [1.165, 1.54) is 12.8 Å². The van der Waals surface area contributed by atoms with Crippen molar-refractivity contribution in [3.05, 3.63) is 33.9 Å². The third kappa shape index (κ3) is 3.28. The van der Waals surface area contributed by atoms with Crippen molar-refractivity contribution in [2.75, 3.05) is 31.1 Å². The van der Waals surface area contributed by atoms with Crippen molar-refractivity contribution in [2.24, 2.45) is 5.92 Å². The lowest BCUT2D eigenvalue weighted by molar-refractivity contribution is -0.384. The molecule has 1 atom stereocenters. The van der Waals surface area contributed by atoms with E-state index in [1.54, 1.807) is 12.1 Å². The summed E-state index contributed by atoms with van der Waals surface area (Å²) in [7, 11) is 0. The van der Waals surface area contributed by atoms with Crippen LogP contribution in [-0.4, -0.2) is 31.1 Å². The van der Waals surface area contributed by atoms with Crippen LogP contribution in [0.15, 0.2) is 18.2 Å². The fraction of sp³-hybridized carbons (Fsp3) is 0.600. The molecule has 1 aromatic rings. The highest BCUT2D eigenvalue weighted by Crippen LogP contribution is 2.32. The van der Waals surface area contributed by atoms with Crippen LogP contribution in [0, 0.1) is 23.0 Å². The quantitative estimate of drug-likeness (QED) is 0.664. The minimum Gasteiger partial charge on any atom is -0.366 e. The molecule has 0 spiro atoms. The van der Waals surface area contributed by atoms with Gasteiger partial charge in [-0.15, -0.1) is 0 Å².